The Labute approximate surface area is 197 Å². The van der Waals surface area contributed by atoms with Gasteiger partial charge in [-0.3, -0.25) is 4.79 Å². The topological polar surface area (TPSA) is 50.5 Å². The maximum Gasteiger partial charge on any atom is 0.347 e. The summed E-state index contributed by atoms with van der Waals surface area (Å²) in [6.45, 7) is 0. The molecule has 0 spiro atoms. The minimum atomic E-state index is -0.634. The first-order valence-electron chi connectivity index (χ1n) is 10.9. The second kappa shape index (κ2) is 9.43. The van der Waals surface area contributed by atoms with Gasteiger partial charge >= 0.3 is 5.63 Å². The molecule has 5 rings (SSSR count). The Morgan fingerprint density at radius 3 is 1.88 bits per heavy atom. The van der Waals surface area contributed by atoms with E-state index in [2.05, 4.69) is 29.2 Å². The van der Waals surface area contributed by atoms with Crippen LogP contribution in [0, 0.1) is 0 Å². The average Bonchev–Trinajstić information content (AvgIpc) is 2.89. The maximum absolute atomic E-state index is 12.7. The molecule has 4 aromatic carbocycles. The minimum Gasteiger partial charge on any atom is -0.422 e. The van der Waals surface area contributed by atoms with Crippen LogP contribution < -0.4 is 10.5 Å². The fourth-order valence-corrected chi connectivity index (χ4v) is 3.83. The molecule has 0 saturated heterocycles. The third-order valence-corrected chi connectivity index (χ3v) is 5.51. The first-order chi connectivity index (χ1) is 16.7. The first kappa shape index (κ1) is 21.2. The standard InChI is InChI=1S/C30H21NO3/c32-28(27-21-23-9-7-8-14-29(23)34-30(27)33)20-17-22-15-18-26(19-16-22)31(24-10-3-1-4-11-24)25-12-5-2-6-13-25/h1-21H. The van der Waals surface area contributed by atoms with Crippen LogP contribution in [0.15, 0.2) is 131 Å². The van der Waals surface area contributed by atoms with Crippen molar-refractivity contribution in [3.63, 3.8) is 0 Å². The van der Waals surface area contributed by atoms with Crippen molar-refractivity contribution in [1.29, 1.82) is 0 Å². The van der Waals surface area contributed by atoms with Crippen LogP contribution in [0.3, 0.4) is 0 Å². The van der Waals surface area contributed by atoms with E-state index in [1.807, 2.05) is 72.8 Å². The van der Waals surface area contributed by atoms with Crippen molar-refractivity contribution in [2.45, 2.75) is 0 Å². The van der Waals surface area contributed by atoms with Crippen molar-refractivity contribution in [2.75, 3.05) is 4.90 Å². The number of carbonyl (C=O) groups is 1. The van der Waals surface area contributed by atoms with Gasteiger partial charge in [0, 0.05) is 22.4 Å². The van der Waals surface area contributed by atoms with Gasteiger partial charge in [0.05, 0.1) is 0 Å². The van der Waals surface area contributed by atoms with E-state index >= 15 is 0 Å². The molecular formula is C30H21NO3. The molecule has 0 unspecified atom stereocenters. The van der Waals surface area contributed by atoms with Crippen molar-refractivity contribution in [3.05, 3.63) is 143 Å². The minimum absolute atomic E-state index is 0.0194. The van der Waals surface area contributed by atoms with Gasteiger partial charge in [0.15, 0.2) is 5.78 Å². The summed E-state index contributed by atoms with van der Waals surface area (Å²) in [5.74, 6) is -0.390. The summed E-state index contributed by atoms with van der Waals surface area (Å²) < 4.78 is 5.28. The zero-order valence-electron chi connectivity index (χ0n) is 18.3. The number of anilines is 3. The number of hydrogen-bond acceptors (Lipinski definition) is 4. The molecule has 0 aliphatic heterocycles. The maximum atomic E-state index is 12.7. The fourth-order valence-electron chi connectivity index (χ4n) is 3.83. The number of allylic oxidation sites excluding steroid dienone is 1. The lowest BCUT2D eigenvalue weighted by Gasteiger charge is -2.25. The SMILES string of the molecule is O=C(C=Cc1ccc(N(c2ccccc2)c2ccccc2)cc1)c1cc2ccccc2oc1=O. The van der Waals surface area contributed by atoms with Crippen molar-refractivity contribution in [2.24, 2.45) is 0 Å². The van der Waals surface area contributed by atoms with Gasteiger partial charge in [-0.2, -0.15) is 0 Å². The largest absolute Gasteiger partial charge is 0.422 e. The molecule has 0 fully saturated rings. The Bertz CT molecular complexity index is 1480. The highest BCUT2D eigenvalue weighted by molar-refractivity contribution is 6.07. The number of carbonyl (C=O) groups excluding carboxylic acids is 1. The van der Waals surface area contributed by atoms with Gasteiger partial charge in [0.25, 0.3) is 0 Å². The van der Waals surface area contributed by atoms with E-state index < -0.39 is 11.4 Å². The van der Waals surface area contributed by atoms with Gasteiger partial charge in [0.2, 0.25) is 0 Å². The molecule has 0 atom stereocenters. The smallest absolute Gasteiger partial charge is 0.347 e. The number of benzene rings is 4. The lowest BCUT2D eigenvalue weighted by molar-refractivity contribution is 0.104. The van der Waals surface area contributed by atoms with E-state index in [1.54, 1.807) is 24.3 Å². The number of fused-ring (bicyclic) bond motifs is 1. The Hall–Kier alpha value is -4.70. The number of ketones is 1. The predicted octanol–water partition coefficient (Wildman–Crippen LogP) is 7.16. The Morgan fingerprint density at radius 1 is 0.676 bits per heavy atom. The number of nitrogens with zero attached hydrogens (tertiary/aromatic N) is 1. The molecule has 0 radical (unpaired) electrons. The molecule has 4 nitrogen and oxygen atoms in total. The average molecular weight is 444 g/mol. The molecule has 1 aromatic heterocycles. The summed E-state index contributed by atoms with van der Waals surface area (Å²) in [4.78, 5) is 27.1. The van der Waals surface area contributed by atoms with Crippen LogP contribution in [-0.2, 0) is 0 Å². The van der Waals surface area contributed by atoms with E-state index in [9.17, 15) is 9.59 Å². The summed E-state index contributed by atoms with van der Waals surface area (Å²) in [6.07, 6.45) is 3.11. The van der Waals surface area contributed by atoms with E-state index in [1.165, 1.54) is 6.08 Å². The Morgan fingerprint density at radius 2 is 1.24 bits per heavy atom. The monoisotopic (exact) mass is 443 g/mol. The van der Waals surface area contributed by atoms with Crippen LogP contribution in [0.2, 0.25) is 0 Å². The summed E-state index contributed by atoms with van der Waals surface area (Å²) in [5, 5.41) is 0.713. The predicted molar refractivity (Wildman–Crippen MR) is 137 cm³/mol. The summed E-state index contributed by atoms with van der Waals surface area (Å²) >= 11 is 0. The second-order valence-electron chi connectivity index (χ2n) is 7.78. The van der Waals surface area contributed by atoms with Crippen LogP contribution in [0.4, 0.5) is 17.1 Å². The van der Waals surface area contributed by atoms with E-state index in [4.69, 9.17) is 4.42 Å². The van der Waals surface area contributed by atoms with Crippen LogP contribution in [0.25, 0.3) is 17.0 Å². The van der Waals surface area contributed by atoms with Crippen molar-refractivity contribution >= 4 is 39.9 Å². The zero-order chi connectivity index (χ0) is 23.3. The molecular weight excluding hydrogens is 422 g/mol. The summed E-state index contributed by atoms with van der Waals surface area (Å²) in [5.41, 5.74) is 3.80. The number of para-hydroxylation sites is 3. The van der Waals surface area contributed by atoms with Gasteiger partial charge in [-0.1, -0.05) is 72.8 Å². The molecule has 0 bridgehead atoms. The van der Waals surface area contributed by atoms with Gasteiger partial charge < -0.3 is 9.32 Å². The van der Waals surface area contributed by atoms with Crippen molar-refractivity contribution in [3.8, 4) is 0 Å². The third kappa shape index (κ3) is 4.43. The van der Waals surface area contributed by atoms with Gasteiger partial charge in [-0.15, -0.1) is 0 Å². The van der Waals surface area contributed by atoms with Crippen LogP contribution in [-0.4, -0.2) is 5.78 Å². The lowest BCUT2D eigenvalue weighted by Crippen LogP contribution is -2.11. The highest BCUT2D eigenvalue weighted by Crippen LogP contribution is 2.34. The zero-order valence-corrected chi connectivity index (χ0v) is 18.3. The molecule has 0 aliphatic rings. The van der Waals surface area contributed by atoms with E-state index in [0.717, 1.165) is 22.6 Å². The summed E-state index contributed by atoms with van der Waals surface area (Å²) in [7, 11) is 0. The quantitative estimate of drug-likeness (QED) is 0.159. The fraction of sp³-hybridized carbons (Fsp3) is 0. The van der Waals surface area contributed by atoms with Crippen LogP contribution >= 0.6 is 0 Å². The molecule has 0 saturated carbocycles. The third-order valence-electron chi connectivity index (χ3n) is 5.51. The Balaban J connectivity index is 1.41. The Kier molecular flexibility index (Phi) is 5.87. The van der Waals surface area contributed by atoms with Crippen LogP contribution in [0.1, 0.15) is 15.9 Å². The second-order valence-corrected chi connectivity index (χ2v) is 7.78. The van der Waals surface area contributed by atoms with Crippen molar-refractivity contribution < 1.29 is 9.21 Å². The lowest BCUT2D eigenvalue weighted by atomic mass is 10.1. The number of hydrogen-bond donors (Lipinski definition) is 0. The highest BCUT2D eigenvalue weighted by atomic mass is 16.4. The first-order valence-corrected chi connectivity index (χ1v) is 10.9. The normalized spacial score (nSPS) is 11.1. The van der Waals surface area contributed by atoms with Gasteiger partial charge in [-0.25, -0.2) is 4.79 Å². The highest BCUT2D eigenvalue weighted by Gasteiger charge is 2.12. The van der Waals surface area contributed by atoms with E-state index in [0.29, 0.717) is 11.0 Å². The molecule has 0 N–H and O–H groups in total. The summed E-state index contributed by atoms with van der Waals surface area (Å²) in [6, 6.07) is 36.9. The molecule has 34 heavy (non-hydrogen) atoms. The van der Waals surface area contributed by atoms with Crippen molar-refractivity contribution in [1.82, 2.24) is 0 Å². The molecule has 0 aliphatic carbocycles. The number of rotatable bonds is 6. The van der Waals surface area contributed by atoms with Gasteiger partial charge in [-0.05, 0) is 60.2 Å². The van der Waals surface area contributed by atoms with Gasteiger partial charge in [0.1, 0.15) is 11.1 Å². The molecule has 1 heterocycles. The molecule has 164 valence electrons. The molecule has 5 aromatic rings. The van der Waals surface area contributed by atoms with Crippen LogP contribution in [0.5, 0.6) is 0 Å². The molecule has 4 heteroatoms. The van der Waals surface area contributed by atoms with E-state index in [-0.39, 0.29) is 5.56 Å². The molecule has 0 amide bonds.